The highest BCUT2D eigenvalue weighted by atomic mass is 19.1. The van der Waals surface area contributed by atoms with E-state index in [0.29, 0.717) is 32.9 Å². The van der Waals surface area contributed by atoms with E-state index >= 15 is 4.39 Å². The molecule has 3 heterocycles. The van der Waals surface area contributed by atoms with Crippen LogP contribution in [0.3, 0.4) is 0 Å². The number of hydrogen-bond acceptors (Lipinski definition) is 10. The van der Waals surface area contributed by atoms with Crippen LogP contribution in [0.25, 0.3) is 0 Å². The molecule has 2 aromatic heterocycles. The molecule has 0 saturated carbocycles. The molecule has 0 spiro atoms. The molecular formula is C27H38F2N6O5. The van der Waals surface area contributed by atoms with E-state index in [1.807, 2.05) is 6.92 Å². The fourth-order valence-corrected chi connectivity index (χ4v) is 4.07. The molecule has 220 valence electrons. The number of aromatic nitrogens is 2. The van der Waals surface area contributed by atoms with Crippen LogP contribution in [0.2, 0.25) is 0 Å². The van der Waals surface area contributed by atoms with Gasteiger partial charge in [-0.05, 0) is 39.7 Å². The van der Waals surface area contributed by atoms with Gasteiger partial charge in [0.2, 0.25) is 0 Å². The molecule has 0 aliphatic carbocycles. The molecule has 40 heavy (non-hydrogen) atoms. The molecule has 3 rings (SSSR count). The second-order valence-corrected chi connectivity index (χ2v) is 10.5. The van der Waals surface area contributed by atoms with Gasteiger partial charge >= 0.3 is 5.97 Å². The van der Waals surface area contributed by atoms with Gasteiger partial charge < -0.3 is 35.5 Å². The molecule has 1 aliphatic heterocycles. The van der Waals surface area contributed by atoms with Crippen molar-refractivity contribution in [2.75, 3.05) is 55.1 Å². The summed E-state index contributed by atoms with van der Waals surface area (Å²) in [5.41, 5.74) is 4.78. The van der Waals surface area contributed by atoms with Gasteiger partial charge in [-0.15, -0.1) is 0 Å². The summed E-state index contributed by atoms with van der Waals surface area (Å²) in [6.45, 7) is 11.5. The minimum atomic E-state index is -0.928. The molecule has 1 amide bonds. The van der Waals surface area contributed by atoms with Gasteiger partial charge in [0.1, 0.15) is 11.4 Å². The first kappa shape index (κ1) is 31.0. The second-order valence-electron chi connectivity index (χ2n) is 10.5. The number of morpholine rings is 1. The van der Waals surface area contributed by atoms with Crippen LogP contribution in [-0.2, 0) is 19.0 Å². The van der Waals surface area contributed by atoms with Gasteiger partial charge in [0.15, 0.2) is 23.3 Å². The molecule has 1 aliphatic rings. The van der Waals surface area contributed by atoms with Crippen molar-refractivity contribution in [3.05, 3.63) is 35.5 Å². The summed E-state index contributed by atoms with van der Waals surface area (Å²) in [5, 5.41) is 5.81. The monoisotopic (exact) mass is 564 g/mol. The number of nitrogens with one attached hydrogen (secondary N) is 2. The van der Waals surface area contributed by atoms with E-state index in [9.17, 15) is 14.0 Å². The summed E-state index contributed by atoms with van der Waals surface area (Å²) in [4.78, 5) is 34.7. The van der Waals surface area contributed by atoms with E-state index in [1.165, 1.54) is 12.3 Å². The highest BCUT2D eigenvalue weighted by Crippen LogP contribution is 2.27. The SMILES string of the molecule is CCOC[C@@H](Nc1nc(Nc2cnc(N3CCOCC3)c(F)c2)c(C(N)=O)cc1F)[C@H](C)CC(=O)OC(C)(C)C. The van der Waals surface area contributed by atoms with Crippen molar-refractivity contribution in [2.24, 2.45) is 11.7 Å². The molecule has 0 aromatic carbocycles. The van der Waals surface area contributed by atoms with Crippen LogP contribution in [0.1, 0.15) is 51.4 Å². The molecule has 2 atom stereocenters. The van der Waals surface area contributed by atoms with Gasteiger partial charge in [0.25, 0.3) is 5.91 Å². The highest BCUT2D eigenvalue weighted by molar-refractivity contribution is 5.98. The maximum Gasteiger partial charge on any atom is 0.306 e. The topological polar surface area (TPSA) is 141 Å². The third-order valence-electron chi connectivity index (χ3n) is 6.06. The van der Waals surface area contributed by atoms with Crippen LogP contribution in [0.15, 0.2) is 18.3 Å². The number of amides is 1. The Bertz CT molecular complexity index is 1190. The summed E-state index contributed by atoms with van der Waals surface area (Å²) in [6, 6.07) is 1.62. The zero-order chi connectivity index (χ0) is 29.4. The summed E-state index contributed by atoms with van der Waals surface area (Å²) in [7, 11) is 0. The minimum absolute atomic E-state index is 0.0501. The average Bonchev–Trinajstić information content (AvgIpc) is 2.87. The van der Waals surface area contributed by atoms with Crippen molar-refractivity contribution < 1.29 is 32.6 Å². The molecule has 4 N–H and O–H groups in total. The number of rotatable bonds is 12. The molecule has 11 nitrogen and oxygen atoms in total. The smallest absolute Gasteiger partial charge is 0.306 e. The van der Waals surface area contributed by atoms with Gasteiger partial charge in [-0.1, -0.05) is 6.92 Å². The molecule has 13 heteroatoms. The van der Waals surface area contributed by atoms with Crippen LogP contribution in [-0.4, -0.2) is 73.0 Å². The average molecular weight is 565 g/mol. The van der Waals surface area contributed by atoms with Crippen LogP contribution >= 0.6 is 0 Å². The molecule has 0 radical (unpaired) electrons. The Hall–Kier alpha value is -3.58. The summed E-state index contributed by atoms with van der Waals surface area (Å²) in [6.07, 6.45) is 1.44. The number of hydrogen-bond donors (Lipinski definition) is 3. The second kappa shape index (κ2) is 13.7. The molecule has 2 aromatic rings. The lowest BCUT2D eigenvalue weighted by atomic mass is 9.98. The maximum absolute atomic E-state index is 15.1. The zero-order valence-corrected chi connectivity index (χ0v) is 23.6. The maximum atomic E-state index is 15.1. The lowest BCUT2D eigenvalue weighted by Crippen LogP contribution is -2.37. The number of primary amides is 1. The van der Waals surface area contributed by atoms with Crippen molar-refractivity contribution in [3.63, 3.8) is 0 Å². The first-order valence-corrected chi connectivity index (χ1v) is 13.2. The predicted molar refractivity (Wildman–Crippen MR) is 147 cm³/mol. The third-order valence-corrected chi connectivity index (χ3v) is 6.06. The van der Waals surface area contributed by atoms with Crippen LogP contribution < -0.4 is 21.3 Å². The number of carbonyl (C=O) groups excluding carboxylic acids is 2. The van der Waals surface area contributed by atoms with Gasteiger partial charge in [-0.2, -0.15) is 0 Å². The van der Waals surface area contributed by atoms with Gasteiger partial charge in [-0.3, -0.25) is 9.59 Å². The Morgan fingerprint density at radius 3 is 2.48 bits per heavy atom. The van der Waals surface area contributed by atoms with E-state index in [-0.39, 0.29) is 47.7 Å². The molecule has 1 fully saturated rings. The summed E-state index contributed by atoms with van der Waals surface area (Å²) in [5.74, 6) is -3.20. The van der Waals surface area contributed by atoms with E-state index < -0.39 is 35.2 Å². The van der Waals surface area contributed by atoms with E-state index in [1.54, 1.807) is 32.6 Å². The highest BCUT2D eigenvalue weighted by Gasteiger charge is 2.26. The summed E-state index contributed by atoms with van der Waals surface area (Å²) >= 11 is 0. The molecule has 0 bridgehead atoms. The number of anilines is 4. The van der Waals surface area contributed by atoms with E-state index in [2.05, 4.69) is 20.6 Å². The largest absolute Gasteiger partial charge is 0.460 e. The first-order chi connectivity index (χ1) is 18.9. The minimum Gasteiger partial charge on any atom is -0.460 e. The lowest BCUT2D eigenvalue weighted by Gasteiger charge is -2.28. The van der Waals surface area contributed by atoms with Crippen LogP contribution in [0.4, 0.5) is 31.9 Å². The van der Waals surface area contributed by atoms with Gasteiger partial charge in [0.05, 0.1) is 49.7 Å². The quantitative estimate of drug-likeness (QED) is 0.327. The predicted octanol–water partition coefficient (Wildman–Crippen LogP) is 3.62. The number of esters is 1. The van der Waals surface area contributed by atoms with Crippen molar-refractivity contribution in [3.8, 4) is 0 Å². The fourth-order valence-electron chi connectivity index (χ4n) is 4.07. The Morgan fingerprint density at radius 2 is 1.88 bits per heavy atom. The van der Waals surface area contributed by atoms with Crippen molar-refractivity contribution in [1.82, 2.24) is 9.97 Å². The van der Waals surface area contributed by atoms with Gasteiger partial charge in [-0.25, -0.2) is 18.7 Å². The van der Waals surface area contributed by atoms with Crippen LogP contribution in [0, 0.1) is 17.6 Å². The summed E-state index contributed by atoms with van der Waals surface area (Å²) < 4.78 is 46.3. The van der Waals surface area contributed by atoms with Crippen LogP contribution in [0.5, 0.6) is 0 Å². The Balaban J connectivity index is 1.85. The fraction of sp³-hybridized carbons (Fsp3) is 0.556. The number of ether oxygens (including phenoxy) is 3. The van der Waals surface area contributed by atoms with Crippen molar-refractivity contribution in [2.45, 2.75) is 52.7 Å². The Morgan fingerprint density at radius 1 is 1.18 bits per heavy atom. The third kappa shape index (κ3) is 8.71. The van der Waals surface area contributed by atoms with E-state index in [4.69, 9.17) is 19.9 Å². The molecule has 0 unspecified atom stereocenters. The number of pyridine rings is 2. The lowest BCUT2D eigenvalue weighted by molar-refractivity contribution is -0.156. The Kier molecular flexibility index (Phi) is 10.6. The molecule has 1 saturated heterocycles. The number of nitrogens with two attached hydrogens (primary N) is 1. The standard InChI is InChI=1S/C27H38F2N6O5/c1-6-38-15-21(16(2)11-22(36)40-27(3,4)5)33-25-19(28)13-18(23(30)37)24(34-25)32-17-12-20(29)26(31-14-17)35-7-9-39-10-8-35/h12-14,16,21H,6-11,15H2,1-5H3,(H2,30,37)(H2,32,33,34)/t16-,21-/m1/s1. The number of carbonyl (C=O) groups is 2. The Labute approximate surface area is 232 Å². The van der Waals surface area contributed by atoms with Crippen molar-refractivity contribution >= 4 is 35.0 Å². The van der Waals surface area contributed by atoms with Crippen molar-refractivity contribution in [1.29, 1.82) is 0 Å². The van der Waals surface area contributed by atoms with E-state index in [0.717, 1.165) is 6.07 Å². The number of nitrogens with zero attached hydrogens (tertiary/aromatic N) is 3. The van der Waals surface area contributed by atoms with Gasteiger partial charge in [0, 0.05) is 25.8 Å². The number of halogens is 2. The molecular weight excluding hydrogens is 526 g/mol. The zero-order valence-electron chi connectivity index (χ0n) is 23.6. The first-order valence-electron chi connectivity index (χ1n) is 13.2. The normalized spacial score (nSPS) is 15.3.